The Bertz CT molecular complexity index is 202. The quantitative estimate of drug-likeness (QED) is 0.475. The number of nitrogens with zero attached hydrogens (tertiary/aromatic N) is 1. The molecule has 0 aromatic carbocycles. The minimum absolute atomic E-state index is 0.156. The maximum Gasteiger partial charge on any atom is 0.107 e. The molecule has 2 nitrogen and oxygen atoms in total. The molecule has 20 heavy (non-hydrogen) atoms. The molecule has 0 spiro atoms. The van der Waals surface area contributed by atoms with Crippen molar-refractivity contribution in [2.45, 2.75) is 103 Å². The topological polar surface area (TPSA) is 23.5 Å². The Morgan fingerprint density at radius 3 is 1.70 bits per heavy atom. The zero-order valence-corrected chi connectivity index (χ0v) is 13.8. The molecule has 1 aliphatic heterocycles. The Morgan fingerprint density at radius 1 is 0.750 bits per heavy atom. The summed E-state index contributed by atoms with van der Waals surface area (Å²) in [5.74, 6) is 0. The lowest BCUT2D eigenvalue weighted by Crippen LogP contribution is -2.32. The third-order valence-electron chi connectivity index (χ3n) is 4.63. The Hall–Kier alpha value is -0.0800. The van der Waals surface area contributed by atoms with E-state index in [0.29, 0.717) is 0 Å². The van der Waals surface area contributed by atoms with Gasteiger partial charge in [-0.25, -0.2) is 0 Å². The molecular formula is C18H37NO. The molecule has 1 unspecified atom stereocenters. The molecule has 1 N–H and O–H groups in total. The van der Waals surface area contributed by atoms with E-state index in [1.54, 1.807) is 0 Å². The molecule has 0 amide bonds. The summed E-state index contributed by atoms with van der Waals surface area (Å²) in [7, 11) is 0. The van der Waals surface area contributed by atoms with E-state index in [-0.39, 0.29) is 6.23 Å². The van der Waals surface area contributed by atoms with Gasteiger partial charge in [0.05, 0.1) is 0 Å². The van der Waals surface area contributed by atoms with Gasteiger partial charge in [-0.3, -0.25) is 4.90 Å². The van der Waals surface area contributed by atoms with Crippen LogP contribution < -0.4 is 0 Å². The van der Waals surface area contributed by atoms with Crippen LogP contribution in [0.2, 0.25) is 0 Å². The summed E-state index contributed by atoms with van der Waals surface area (Å²) in [6, 6.07) is 0. The molecule has 1 heterocycles. The third-order valence-corrected chi connectivity index (χ3v) is 4.63. The van der Waals surface area contributed by atoms with E-state index in [1.807, 2.05) is 0 Å². The lowest BCUT2D eigenvalue weighted by Gasteiger charge is -2.22. The predicted molar refractivity (Wildman–Crippen MR) is 87.9 cm³/mol. The largest absolute Gasteiger partial charge is 0.378 e. The molecule has 1 fully saturated rings. The van der Waals surface area contributed by atoms with Gasteiger partial charge in [0.1, 0.15) is 6.23 Å². The van der Waals surface area contributed by atoms with Gasteiger partial charge in [-0.2, -0.15) is 0 Å². The molecule has 1 rings (SSSR count). The minimum Gasteiger partial charge on any atom is -0.378 e. The van der Waals surface area contributed by atoms with E-state index < -0.39 is 0 Å². The van der Waals surface area contributed by atoms with Gasteiger partial charge in [0.15, 0.2) is 0 Å². The van der Waals surface area contributed by atoms with Crippen molar-refractivity contribution in [1.82, 2.24) is 4.90 Å². The number of unbranched alkanes of at least 4 members (excludes halogenated alkanes) is 10. The fraction of sp³-hybridized carbons (Fsp3) is 1.00. The zero-order valence-electron chi connectivity index (χ0n) is 13.8. The van der Waals surface area contributed by atoms with Crippen LogP contribution in [0.15, 0.2) is 0 Å². The summed E-state index contributed by atoms with van der Waals surface area (Å²) in [6.45, 7) is 4.50. The van der Waals surface area contributed by atoms with E-state index in [2.05, 4.69) is 11.8 Å². The van der Waals surface area contributed by atoms with Crippen molar-refractivity contribution in [3.05, 3.63) is 0 Å². The Morgan fingerprint density at radius 2 is 1.20 bits per heavy atom. The number of aliphatic hydroxyl groups is 1. The number of hydrogen-bond donors (Lipinski definition) is 1. The Labute approximate surface area is 126 Å². The molecule has 0 saturated carbocycles. The highest BCUT2D eigenvalue weighted by Gasteiger charge is 2.18. The maximum absolute atomic E-state index is 10.0. The molecular weight excluding hydrogens is 246 g/mol. The van der Waals surface area contributed by atoms with E-state index in [0.717, 1.165) is 19.5 Å². The molecule has 1 saturated heterocycles. The first-order valence-corrected chi connectivity index (χ1v) is 9.26. The van der Waals surface area contributed by atoms with Gasteiger partial charge in [-0.1, -0.05) is 71.1 Å². The lowest BCUT2D eigenvalue weighted by atomic mass is 10.0. The zero-order chi connectivity index (χ0) is 14.5. The van der Waals surface area contributed by atoms with Gasteiger partial charge in [0, 0.05) is 13.1 Å². The minimum atomic E-state index is -0.156. The first kappa shape index (κ1) is 18.0. The number of rotatable bonds is 13. The van der Waals surface area contributed by atoms with Crippen molar-refractivity contribution in [3.8, 4) is 0 Å². The highest BCUT2D eigenvalue weighted by molar-refractivity contribution is 4.68. The molecule has 0 aromatic heterocycles. The summed E-state index contributed by atoms with van der Waals surface area (Å²) in [5.41, 5.74) is 0. The van der Waals surface area contributed by atoms with Crippen molar-refractivity contribution in [1.29, 1.82) is 0 Å². The van der Waals surface area contributed by atoms with Crippen LogP contribution >= 0.6 is 0 Å². The van der Waals surface area contributed by atoms with Crippen LogP contribution in [0.5, 0.6) is 0 Å². The number of aliphatic hydroxyl groups excluding tert-OH is 1. The van der Waals surface area contributed by atoms with E-state index >= 15 is 0 Å². The average molecular weight is 284 g/mol. The molecule has 0 radical (unpaired) electrons. The van der Waals surface area contributed by atoms with Crippen molar-refractivity contribution in [2.75, 3.05) is 13.1 Å². The van der Waals surface area contributed by atoms with Crippen LogP contribution in [-0.4, -0.2) is 29.3 Å². The summed E-state index contributed by atoms with van der Waals surface area (Å²) < 4.78 is 0. The molecule has 0 aromatic rings. The fourth-order valence-corrected chi connectivity index (χ4v) is 3.21. The van der Waals surface area contributed by atoms with Gasteiger partial charge in [-0.15, -0.1) is 0 Å². The second kappa shape index (κ2) is 12.6. The molecule has 120 valence electrons. The Kier molecular flexibility index (Phi) is 11.4. The second-order valence-electron chi connectivity index (χ2n) is 6.55. The predicted octanol–water partition coefficient (Wildman–Crippen LogP) is 5.10. The van der Waals surface area contributed by atoms with Crippen molar-refractivity contribution in [2.24, 2.45) is 0 Å². The number of hydrogen-bond acceptors (Lipinski definition) is 2. The van der Waals surface area contributed by atoms with E-state index in [4.69, 9.17) is 0 Å². The lowest BCUT2D eigenvalue weighted by molar-refractivity contribution is 0.0121. The van der Waals surface area contributed by atoms with Crippen molar-refractivity contribution in [3.63, 3.8) is 0 Å². The second-order valence-corrected chi connectivity index (χ2v) is 6.55. The Balaban J connectivity index is 1.76. The van der Waals surface area contributed by atoms with E-state index in [9.17, 15) is 5.11 Å². The summed E-state index contributed by atoms with van der Waals surface area (Å²) in [5, 5.41) is 10.0. The van der Waals surface area contributed by atoms with Crippen LogP contribution in [0.25, 0.3) is 0 Å². The van der Waals surface area contributed by atoms with Crippen LogP contribution in [0.4, 0.5) is 0 Å². The van der Waals surface area contributed by atoms with Crippen LogP contribution in [0, 0.1) is 0 Å². The highest BCUT2D eigenvalue weighted by Crippen LogP contribution is 2.16. The van der Waals surface area contributed by atoms with Gasteiger partial charge in [-0.05, 0) is 25.7 Å². The standard InChI is InChI=1S/C18H37NO/c1-2-3-4-5-6-7-8-9-10-11-12-15-18(20)19-16-13-14-17-19/h18,20H,2-17H2,1H3. The van der Waals surface area contributed by atoms with Gasteiger partial charge in [0.2, 0.25) is 0 Å². The first-order chi connectivity index (χ1) is 9.84. The average Bonchev–Trinajstić information content (AvgIpc) is 2.99. The van der Waals surface area contributed by atoms with Crippen molar-refractivity contribution < 1.29 is 5.11 Å². The number of likely N-dealkylation sites (tertiary alicyclic amines) is 1. The normalized spacial score (nSPS) is 17.7. The van der Waals surface area contributed by atoms with Crippen molar-refractivity contribution >= 4 is 0 Å². The van der Waals surface area contributed by atoms with Crippen LogP contribution in [0.1, 0.15) is 96.8 Å². The summed E-state index contributed by atoms with van der Waals surface area (Å²) >= 11 is 0. The van der Waals surface area contributed by atoms with Crippen LogP contribution in [-0.2, 0) is 0 Å². The SMILES string of the molecule is CCCCCCCCCCCCCC(O)N1CCCC1. The monoisotopic (exact) mass is 283 g/mol. The smallest absolute Gasteiger partial charge is 0.107 e. The third kappa shape index (κ3) is 8.97. The van der Waals surface area contributed by atoms with E-state index in [1.165, 1.54) is 83.5 Å². The summed E-state index contributed by atoms with van der Waals surface area (Å²) in [4.78, 5) is 2.25. The maximum atomic E-state index is 10.0. The molecule has 0 bridgehead atoms. The van der Waals surface area contributed by atoms with Crippen LogP contribution in [0.3, 0.4) is 0 Å². The molecule has 1 atom stereocenters. The fourth-order valence-electron chi connectivity index (χ4n) is 3.21. The summed E-state index contributed by atoms with van der Waals surface area (Å²) in [6.07, 6.45) is 18.6. The van der Waals surface area contributed by atoms with Gasteiger partial charge >= 0.3 is 0 Å². The molecule has 2 heteroatoms. The first-order valence-electron chi connectivity index (χ1n) is 9.26. The van der Waals surface area contributed by atoms with Gasteiger partial charge in [0.25, 0.3) is 0 Å². The molecule has 0 aliphatic carbocycles. The highest BCUT2D eigenvalue weighted by atomic mass is 16.3. The van der Waals surface area contributed by atoms with Gasteiger partial charge < -0.3 is 5.11 Å². The molecule has 1 aliphatic rings.